The van der Waals surface area contributed by atoms with Crippen molar-refractivity contribution in [2.24, 2.45) is 5.10 Å². The first-order valence-corrected chi connectivity index (χ1v) is 15.4. The van der Waals surface area contributed by atoms with Gasteiger partial charge in [0.05, 0.1) is 23.7 Å². The molecule has 0 unspecified atom stereocenters. The fraction of sp³-hybridized carbons (Fsp3) is 0.0938. The zero-order valence-corrected chi connectivity index (χ0v) is 27.2. The van der Waals surface area contributed by atoms with Crippen LogP contribution in [0.25, 0.3) is 33.5 Å². The minimum Gasteiger partial charge on any atom is -0.490 e. The molecule has 0 aliphatic heterocycles. The lowest BCUT2D eigenvalue weighted by atomic mass is 10.2. The summed E-state index contributed by atoms with van der Waals surface area (Å²) in [5, 5.41) is 6.62. The van der Waals surface area contributed by atoms with Crippen LogP contribution in [0.2, 0.25) is 10.0 Å². The van der Waals surface area contributed by atoms with Gasteiger partial charge in [0.25, 0.3) is 5.56 Å². The van der Waals surface area contributed by atoms with Crippen LogP contribution in [-0.2, 0) is 6.61 Å². The van der Waals surface area contributed by atoms with Gasteiger partial charge in [0.15, 0.2) is 17.3 Å². The van der Waals surface area contributed by atoms with Crippen LogP contribution in [0, 0.1) is 0 Å². The van der Waals surface area contributed by atoms with E-state index < -0.39 is 0 Å². The van der Waals surface area contributed by atoms with Crippen molar-refractivity contribution in [2.75, 3.05) is 6.61 Å². The van der Waals surface area contributed by atoms with Crippen LogP contribution in [0.4, 0.5) is 0 Å². The molecule has 7 nitrogen and oxygen atoms in total. The second-order valence-corrected chi connectivity index (χ2v) is 11.9. The number of ether oxygens (including phenoxy) is 2. The molecule has 0 radical (unpaired) electrons. The van der Waals surface area contributed by atoms with E-state index in [1.807, 2.05) is 37.3 Å². The lowest BCUT2D eigenvalue weighted by molar-refractivity contribution is 0.269. The van der Waals surface area contributed by atoms with Gasteiger partial charge in [0.1, 0.15) is 17.2 Å². The fourth-order valence-electron chi connectivity index (χ4n) is 4.47. The summed E-state index contributed by atoms with van der Waals surface area (Å²) in [4.78, 5) is 18.4. The number of fused-ring (bicyclic) bond motifs is 2. The highest BCUT2D eigenvalue weighted by Crippen LogP contribution is 2.43. The largest absolute Gasteiger partial charge is 0.490 e. The molecule has 2 aromatic heterocycles. The summed E-state index contributed by atoms with van der Waals surface area (Å²) in [6.07, 6.45) is 1.51. The SMILES string of the molecule is CCOc1cc(C=Nn2c(-c3cc4cc(Cl)ccc4o3)nc3ccccc3c2=O)c(Br)c(Cl)c1OCc1ccc(Br)cc1. The molecule has 43 heavy (non-hydrogen) atoms. The first-order valence-electron chi connectivity index (χ1n) is 13.1. The van der Waals surface area contributed by atoms with E-state index in [1.54, 1.807) is 48.5 Å². The maximum Gasteiger partial charge on any atom is 0.282 e. The summed E-state index contributed by atoms with van der Waals surface area (Å²) in [7, 11) is 0. The van der Waals surface area contributed by atoms with E-state index in [4.69, 9.17) is 42.1 Å². The Labute approximate surface area is 272 Å². The van der Waals surface area contributed by atoms with Crippen molar-refractivity contribution in [3.8, 4) is 23.1 Å². The normalized spacial score (nSPS) is 11.6. The van der Waals surface area contributed by atoms with E-state index in [-0.39, 0.29) is 18.0 Å². The summed E-state index contributed by atoms with van der Waals surface area (Å²) in [5.41, 5.74) is 2.28. The standard InChI is InChI=1S/C32H21Br2Cl2N3O4/c1-2-41-26-15-20(28(34)29(36)30(26)42-17-18-7-9-21(33)10-8-18)16-37-39-31(38-24-6-4-3-5-23(24)32(39)40)27-14-19-13-22(35)11-12-25(19)43-27/h3-16H,2,17H2,1H3. The van der Waals surface area contributed by atoms with Crippen LogP contribution in [0.15, 0.2) is 102 Å². The van der Waals surface area contributed by atoms with E-state index in [9.17, 15) is 4.79 Å². The van der Waals surface area contributed by atoms with Crippen molar-refractivity contribution < 1.29 is 13.9 Å². The van der Waals surface area contributed by atoms with Crippen molar-refractivity contribution in [3.63, 3.8) is 0 Å². The zero-order chi connectivity index (χ0) is 30.1. The summed E-state index contributed by atoms with van der Waals surface area (Å²) >= 11 is 20.0. The Kier molecular flexibility index (Phi) is 8.59. The number of hydrogen-bond donors (Lipinski definition) is 0. The first kappa shape index (κ1) is 29.4. The molecule has 0 bridgehead atoms. The molecule has 0 spiro atoms. The average molecular weight is 742 g/mol. The number of rotatable bonds is 8. The van der Waals surface area contributed by atoms with E-state index in [0.717, 1.165) is 15.4 Å². The van der Waals surface area contributed by atoms with Crippen molar-refractivity contribution in [3.05, 3.63) is 119 Å². The van der Waals surface area contributed by atoms with Crippen LogP contribution >= 0.6 is 55.1 Å². The summed E-state index contributed by atoms with van der Waals surface area (Å²) in [5.74, 6) is 1.42. The zero-order valence-electron chi connectivity index (χ0n) is 22.5. The van der Waals surface area contributed by atoms with Gasteiger partial charge < -0.3 is 13.9 Å². The third-order valence-electron chi connectivity index (χ3n) is 6.52. The molecule has 0 saturated heterocycles. The average Bonchev–Trinajstić information content (AvgIpc) is 3.43. The van der Waals surface area contributed by atoms with E-state index in [1.165, 1.54) is 10.9 Å². The Balaban J connectivity index is 1.43. The molecule has 0 aliphatic rings. The van der Waals surface area contributed by atoms with Crippen molar-refractivity contribution in [1.82, 2.24) is 9.66 Å². The van der Waals surface area contributed by atoms with Crippen LogP contribution in [-0.4, -0.2) is 22.5 Å². The van der Waals surface area contributed by atoms with Gasteiger partial charge in [-0.3, -0.25) is 4.79 Å². The lowest BCUT2D eigenvalue weighted by Crippen LogP contribution is -2.20. The van der Waals surface area contributed by atoms with Gasteiger partial charge in [-0.05, 0) is 83.0 Å². The molecule has 0 atom stereocenters. The number of benzene rings is 4. The molecule has 11 heteroatoms. The predicted molar refractivity (Wildman–Crippen MR) is 178 cm³/mol. The van der Waals surface area contributed by atoms with Crippen LogP contribution < -0.4 is 15.0 Å². The van der Waals surface area contributed by atoms with Crippen molar-refractivity contribution >= 4 is 83.1 Å². The summed E-state index contributed by atoms with van der Waals surface area (Å²) < 4.78 is 20.7. The van der Waals surface area contributed by atoms with Gasteiger partial charge in [-0.25, -0.2) is 4.98 Å². The van der Waals surface area contributed by atoms with Gasteiger partial charge >= 0.3 is 0 Å². The smallest absolute Gasteiger partial charge is 0.282 e. The van der Waals surface area contributed by atoms with Crippen LogP contribution in [0.3, 0.4) is 0 Å². The van der Waals surface area contributed by atoms with Gasteiger partial charge in [0.2, 0.25) is 5.82 Å². The highest BCUT2D eigenvalue weighted by atomic mass is 79.9. The van der Waals surface area contributed by atoms with Crippen molar-refractivity contribution in [1.29, 1.82) is 0 Å². The Morgan fingerprint density at radius 1 is 1.00 bits per heavy atom. The molecule has 2 heterocycles. The Morgan fingerprint density at radius 3 is 2.58 bits per heavy atom. The Morgan fingerprint density at radius 2 is 1.79 bits per heavy atom. The second kappa shape index (κ2) is 12.5. The lowest BCUT2D eigenvalue weighted by Gasteiger charge is -2.16. The fourth-order valence-corrected chi connectivity index (χ4v) is 5.57. The number of nitrogens with zero attached hydrogens (tertiary/aromatic N) is 3. The Hall–Kier alpha value is -3.63. The Bertz CT molecular complexity index is 2070. The molecule has 216 valence electrons. The monoisotopic (exact) mass is 739 g/mol. The highest BCUT2D eigenvalue weighted by molar-refractivity contribution is 9.10. The van der Waals surface area contributed by atoms with E-state index in [2.05, 4.69) is 37.0 Å². The topological polar surface area (TPSA) is 78.9 Å². The van der Waals surface area contributed by atoms with Gasteiger partial charge in [-0.15, -0.1) is 0 Å². The molecule has 4 aromatic carbocycles. The highest BCUT2D eigenvalue weighted by Gasteiger charge is 2.20. The molecule has 6 rings (SSSR count). The molecule has 0 amide bonds. The number of para-hydroxylation sites is 1. The van der Waals surface area contributed by atoms with Crippen molar-refractivity contribution in [2.45, 2.75) is 13.5 Å². The molecular weight excluding hydrogens is 721 g/mol. The minimum atomic E-state index is -0.364. The first-order chi connectivity index (χ1) is 20.8. The quantitative estimate of drug-likeness (QED) is 0.145. The molecule has 6 aromatic rings. The molecule has 0 saturated carbocycles. The van der Waals surface area contributed by atoms with Gasteiger partial charge in [-0.2, -0.15) is 9.78 Å². The van der Waals surface area contributed by atoms with E-state index in [0.29, 0.717) is 60.4 Å². The third-order valence-corrected chi connectivity index (χ3v) is 8.72. The molecule has 0 N–H and O–H groups in total. The number of hydrogen-bond acceptors (Lipinski definition) is 6. The molecule has 0 aliphatic carbocycles. The van der Waals surface area contributed by atoms with Crippen LogP contribution in [0.1, 0.15) is 18.1 Å². The second-order valence-electron chi connectivity index (χ2n) is 9.38. The van der Waals surface area contributed by atoms with Gasteiger partial charge in [-0.1, -0.05) is 63.4 Å². The summed E-state index contributed by atoms with van der Waals surface area (Å²) in [6, 6.07) is 23.7. The third kappa shape index (κ3) is 6.08. The maximum absolute atomic E-state index is 13.7. The number of furan rings is 1. The van der Waals surface area contributed by atoms with Gasteiger partial charge in [0, 0.05) is 24.9 Å². The van der Waals surface area contributed by atoms with E-state index >= 15 is 0 Å². The number of halogens is 4. The predicted octanol–water partition coefficient (Wildman–Crippen LogP) is 9.50. The number of aromatic nitrogens is 2. The van der Waals surface area contributed by atoms with Crippen LogP contribution in [0.5, 0.6) is 11.5 Å². The molecule has 0 fully saturated rings. The molecular formula is C32H21Br2Cl2N3O4. The summed E-state index contributed by atoms with van der Waals surface area (Å²) in [6.45, 7) is 2.55. The minimum absolute atomic E-state index is 0.231. The maximum atomic E-state index is 13.7.